The number of benzene rings is 1. The molecule has 3 N–H and O–H groups in total. The predicted octanol–water partition coefficient (Wildman–Crippen LogP) is 2.88. The first kappa shape index (κ1) is 19.9. The monoisotopic (exact) mass is 371 g/mol. The first-order chi connectivity index (χ1) is 11.1. The minimum absolute atomic E-state index is 0. The van der Waals surface area contributed by atoms with Crippen LogP contribution >= 0.6 is 23.7 Å². The quantitative estimate of drug-likeness (QED) is 0.756. The summed E-state index contributed by atoms with van der Waals surface area (Å²) in [4.78, 5) is 27.3. The molecule has 0 spiro atoms. The summed E-state index contributed by atoms with van der Waals surface area (Å²) in [7, 11) is 0. The molecule has 1 amide bonds. The fourth-order valence-corrected chi connectivity index (χ4v) is 2.42. The number of esters is 1. The van der Waals surface area contributed by atoms with Gasteiger partial charge in [0.1, 0.15) is 12.6 Å². The number of carbonyl (C=O) groups is 2. The zero-order chi connectivity index (χ0) is 16.7. The van der Waals surface area contributed by atoms with Gasteiger partial charge < -0.3 is 15.2 Å². The molecule has 9 heteroatoms. The number of carbonyl (C=O) groups excluding carboxylic acids is 2. The van der Waals surface area contributed by atoms with Crippen LogP contribution in [0.2, 0.25) is 0 Å². The average Bonchev–Trinajstić information content (AvgIpc) is 3.02. The Hall–Kier alpha value is -2.16. The number of hydrogen-bond donors (Lipinski definition) is 2. The maximum atomic E-state index is 11.7. The van der Waals surface area contributed by atoms with Gasteiger partial charge in [-0.3, -0.25) is 5.32 Å². The lowest BCUT2D eigenvalue weighted by molar-refractivity contribution is -0.144. The summed E-state index contributed by atoms with van der Waals surface area (Å²) in [6, 6.07) is 8.34. The van der Waals surface area contributed by atoms with Crippen molar-refractivity contribution in [2.75, 3.05) is 11.9 Å². The molecule has 0 aliphatic rings. The molecule has 0 aliphatic carbocycles. The third-order valence-corrected chi connectivity index (χ3v) is 3.58. The van der Waals surface area contributed by atoms with Crippen LogP contribution in [0.5, 0.6) is 0 Å². The molecule has 24 heavy (non-hydrogen) atoms. The van der Waals surface area contributed by atoms with E-state index in [4.69, 9.17) is 15.2 Å². The Morgan fingerprint density at radius 2 is 2.00 bits per heavy atom. The average molecular weight is 372 g/mol. The third-order valence-electron chi connectivity index (χ3n) is 2.80. The van der Waals surface area contributed by atoms with Crippen molar-refractivity contribution in [1.82, 2.24) is 4.98 Å². The van der Waals surface area contributed by atoms with Crippen molar-refractivity contribution >= 4 is 40.9 Å². The third kappa shape index (κ3) is 5.80. The number of nitrogens with one attached hydrogen (secondary N) is 1. The highest BCUT2D eigenvalue weighted by molar-refractivity contribution is 7.13. The number of anilines is 1. The Morgan fingerprint density at radius 1 is 1.29 bits per heavy atom. The van der Waals surface area contributed by atoms with Gasteiger partial charge >= 0.3 is 12.1 Å². The molecule has 0 fully saturated rings. The second-order valence-electron chi connectivity index (χ2n) is 4.49. The number of thiazole rings is 1. The van der Waals surface area contributed by atoms with Gasteiger partial charge in [0.05, 0.1) is 12.3 Å². The Labute approximate surface area is 149 Å². The molecule has 1 aromatic heterocycles. The first-order valence-electron chi connectivity index (χ1n) is 6.95. The van der Waals surface area contributed by atoms with Gasteiger partial charge in [-0.2, -0.15) is 0 Å². The molecule has 2 aromatic rings. The van der Waals surface area contributed by atoms with Crippen LogP contribution in [0.3, 0.4) is 0 Å². The zero-order valence-electron chi connectivity index (χ0n) is 12.9. The lowest BCUT2D eigenvalue weighted by Crippen LogP contribution is -2.24. The summed E-state index contributed by atoms with van der Waals surface area (Å²) in [6.07, 6.45) is -0.626. The number of hydrogen-bond acceptors (Lipinski definition) is 7. The SMILES string of the molecule is CCOC(=O)C(N)c1csc(NC(=O)OCc2ccccc2)n1.Cl. The summed E-state index contributed by atoms with van der Waals surface area (Å²) in [5.41, 5.74) is 6.95. The molecule has 0 saturated carbocycles. The summed E-state index contributed by atoms with van der Waals surface area (Å²) < 4.78 is 9.91. The van der Waals surface area contributed by atoms with Crippen molar-refractivity contribution < 1.29 is 19.1 Å². The highest BCUT2D eigenvalue weighted by atomic mass is 35.5. The first-order valence-corrected chi connectivity index (χ1v) is 7.83. The van der Waals surface area contributed by atoms with Gasteiger partial charge in [-0.1, -0.05) is 30.3 Å². The smallest absolute Gasteiger partial charge is 0.413 e. The van der Waals surface area contributed by atoms with Crippen molar-refractivity contribution in [2.45, 2.75) is 19.6 Å². The lowest BCUT2D eigenvalue weighted by Gasteiger charge is -2.07. The lowest BCUT2D eigenvalue weighted by atomic mass is 10.2. The van der Waals surface area contributed by atoms with Crippen LogP contribution < -0.4 is 11.1 Å². The van der Waals surface area contributed by atoms with Crippen LogP contribution in [0, 0.1) is 0 Å². The predicted molar refractivity (Wildman–Crippen MR) is 93.2 cm³/mol. The molecular weight excluding hydrogens is 354 g/mol. The normalized spacial score (nSPS) is 11.1. The van der Waals surface area contributed by atoms with Gasteiger partial charge in [0.2, 0.25) is 0 Å². The van der Waals surface area contributed by atoms with Crippen LogP contribution in [0.1, 0.15) is 24.2 Å². The van der Waals surface area contributed by atoms with E-state index < -0.39 is 18.1 Å². The van der Waals surface area contributed by atoms with E-state index in [2.05, 4.69) is 10.3 Å². The fourth-order valence-electron chi connectivity index (χ4n) is 1.69. The van der Waals surface area contributed by atoms with Crippen LogP contribution in [-0.4, -0.2) is 23.7 Å². The van der Waals surface area contributed by atoms with Crippen LogP contribution in [-0.2, 0) is 20.9 Å². The van der Waals surface area contributed by atoms with Gasteiger partial charge in [0, 0.05) is 5.38 Å². The van der Waals surface area contributed by atoms with Crippen LogP contribution in [0.15, 0.2) is 35.7 Å². The van der Waals surface area contributed by atoms with Gasteiger partial charge in [0.15, 0.2) is 5.13 Å². The van der Waals surface area contributed by atoms with Crippen molar-refractivity contribution in [3.63, 3.8) is 0 Å². The Kier molecular flexibility index (Phi) is 8.17. The number of nitrogens with two attached hydrogens (primary N) is 1. The number of amides is 1. The molecule has 0 saturated heterocycles. The van der Waals surface area contributed by atoms with E-state index in [1.54, 1.807) is 12.3 Å². The molecule has 0 radical (unpaired) electrons. The van der Waals surface area contributed by atoms with E-state index in [-0.39, 0.29) is 25.6 Å². The van der Waals surface area contributed by atoms with Gasteiger partial charge in [-0.05, 0) is 12.5 Å². The molecule has 0 aliphatic heterocycles. The van der Waals surface area contributed by atoms with Crippen molar-refractivity contribution in [2.24, 2.45) is 5.73 Å². The topological polar surface area (TPSA) is 104 Å². The van der Waals surface area contributed by atoms with Crippen molar-refractivity contribution in [1.29, 1.82) is 0 Å². The molecule has 1 unspecified atom stereocenters. The minimum atomic E-state index is -0.970. The molecule has 130 valence electrons. The fraction of sp³-hybridized carbons (Fsp3) is 0.267. The van der Waals surface area contributed by atoms with E-state index in [1.807, 2.05) is 30.3 Å². The Morgan fingerprint density at radius 3 is 2.67 bits per heavy atom. The molecular formula is C15H18ClN3O4S. The standard InChI is InChI=1S/C15H17N3O4S.ClH/c1-2-21-13(19)12(16)11-9-23-14(17-11)18-15(20)22-8-10-6-4-3-5-7-10;/h3-7,9,12H,2,8,16H2,1H3,(H,17,18,20);1H. The minimum Gasteiger partial charge on any atom is -0.465 e. The molecule has 7 nitrogen and oxygen atoms in total. The summed E-state index contributed by atoms with van der Waals surface area (Å²) in [5.74, 6) is -0.559. The second-order valence-corrected chi connectivity index (χ2v) is 5.35. The molecule has 1 heterocycles. The van der Waals surface area contributed by atoms with Crippen molar-refractivity contribution in [3.8, 4) is 0 Å². The van der Waals surface area contributed by atoms with Gasteiger partial charge in [-0.15, -0.1) is 23.7 Å². The molecule has 2 rings (SSSR count). The van der Waals surface area contributed by atoms with E-state index in [0.29, 0.717) is 10.8 Å². The Bertz CT molecular complexity index is 666. The number of nitrogens with zero attached hydrogens (tertiary/aromatic N) is 1. The van der Waals surface area contributed by atoms with Crippen LogP contribution in [0.25, 0.3) is 0 Å². The van der Waals surface area contributed by atoms with Crippen molar-refractivity contribution in [3.05, 3.63) is 47.0 Å². The molecule has 1 atom stereocenters. The number of rotatable bonds is 6. The highest BCUT2D eigenvalue weighted by Gasteiger charge is 2.20. The number of halogens is 1. The largest absolute Gasteiger partial charge is 0.465 e. The summed E-state index contributed by atoms with van der Waals surface area (Å²) in [6.45, 7) is 2.10. The maximum absolute atomic E-state index is 11.7. The highest BCUT2D eigenvalue weighted by Crippen LogP contribution is 2.20. The maximum Gasteiger partial charge on any atom is 0.413 e. The summed E-state index contributed by atoms with van der Waals surface area (Å²) >= 11 is 1.15. The van der Waals surface area contributed by atoms with Gasteiger partial charge in [0.25, 0.3) is 0 Å². The Balaban J connectivity index is 0.00000288. The van der Waals surface area contributed by atoms with E-state index >= 15 is 0 Å². The molecule has 1 aromatic carbocycles. The van der Waals surface area contributed by atoms with Crippen LogP contribution in [0.4, 0.5) is 9.93 Å². The molecule has 0 bridgehead atoms. The second kappa shape index (κ2) is 9.86. The van der Waals surface area contributed by atoms with E-state index in [1.165, 1.54) is 0 Å². The number of ether oxygens (including phenoxy) is 2. The number of aromatic nitrogens is 1. The van der Waals surface area contributed by atoms with E-state index in [9.17, 15) is 9.59 Å². The van der Waals surface area contributed by atoms with E-state index in [0.717, 1.165) is 16.9 Å². The zero-order valence-corrected chi connectivity index (χ0v) is 14.6. The van der Waals surface area contributed by atoms with Gasteiger partial charge in [-0.25, -0.2) is 14.6 Å². The summed E-state index contributed by atoms with van der Waals surface area (Å²) in [5, 5.41) is 4.39.